The van der Waals surface area contributed by atoms with E-state index in [1.165, 1.54) is 12.1 Å². The van der Waals surface area contributed by atoms with E-state index in [2.05, 4.69) is 10.1 Å². The van der Waals surface area contributed by atoms with E-state index in [1.807, 2.05) is 54.4 Å². The molecule has 0 saturated carbocycles. The van der Waals surface area contributed by atoms with Gasteiger partial charge in [-0.15, -0.1) is 0 Å². The molecule has 0 aliphatic carbocycles. The molecule has 1 heterocycles. The minimum absolute atomic E-state index is 0.0235. The fraction of sp³-hybridized carbons (Fsp3) is 0.310. The first-order chi connectivity index (χ1) is 18.3. The van der Waals surface area contributed by atoms with Gasteiger partial charge in [-0.1, -0.05) is 47.6 Å². The minimum atomic E-state index is -4.38. The molecular weight excluding hydrogens is 495 g/mol. The summed E-state index contributed by atoms with van der Waals surface area (Å²) in [5, 5.41) is 4.32. The summed E-state index contributed by atoms with van der Waals surface area (Å²) in [4.78, 5) is 22.0. The molecule has 9 heteroatoms. The van der Waals surface area contributed by atoms with Crippen LogP contribution in [-0.2, 0) is 28.8 Å². The molecule has 38 heavy (non-hydrogen) atoms. The Hall–Kier alpha value is -3.85. The van der Waals surface area contributed by atoms with E-state index < -0.39 is 11.7 Å². The number of ether oxygens (including phenoxy) is 1. The normalized spacial score (nSPS) is 14.8. The molecule has 200 valence electrons. The van der Waals surface area contributed by atoms with E-state index >= 15 is 0 Å². The Labute approximate surface area is 220 Å². The lowest BCUT2D eigenvalue weighted by atomic mass is 10.0. The Morgan fingerprint density at radius 1 is 0.868 bits per heavy atom. The van der Waals surface area contributed by atoms with Crippen LogP contribution < -0.4 is 4.74 Å². The molecule has 0 unspecified atom stereocenters. The number of alkyl halides is 3. The maximum absolute atomic E-state index is 12.8. The lowest BCUT2D eigenvalue weighted by molar-refractivity contribution is -0.137. The molecule has 1 amide bonds. The summed E-state index contributed by atoms with van der Waals surface area (Å²) in [6.45, 7) is 3.11. The third-order valence-corrected chi connectivity index (χ3v) is 6.31. The van der Waals surface area contributed by atoms with E-state index in [1.54, 1.807) is 12.1 Å². The summed E-state index contributed by atoms with van der Waals surface area (Å²) >= 11 is 0. The van der Waals surface area contributed by atoms with Crippen LogP contribution in [0, 0.1) is 0 Å². The fourth-order valence-electron chi connectivity index (χ4n) is 3.99. The van der Waals surface area contributed by atoms with Crippen molar-refractivity contribution in [2.24, 2.45) is 5.16 Å². The van der Waals surface area contributed by atoms with Crippen molar-refractivity contribution in [1.29, 1.82) is 0 Å². The van der Waals surface area contributed by atoms with Gasteiger partial charge in [0.1, 0.15) is 12.4 Å². The summed E-state index contributed by atoms with van der Waals surface area (Å²) < 4.78 is 44.1. The lowest BCUT2D eigenvalue weighted by Gasteiger charge is -2.32. The molecule has 6 nitrogen and oxygen atoms in total. The number of rotatable bonds is 9. The predicted octanol–water partition coefficient (Wildman–Crippen LogP) is 5.02. The Morgan fingerprint density at radius 2 is 1.53 bits per heavy atom. The number of amides is 1. The Morgan fingerprint density at radius 3 is 2.16 bits per heavy atom. The smallest absolute Gasteiger partial charge is 0.416 e. The van der Waals surface area contributed by atoms with Gasteiger partial charge in [-0.25, -0.2) is 0 Å². The molecule has 0 spiro atoms. The molecule has 3 aromatic rings. The Balaban J connectivity index is 1.40. The van der Waals surface area contributed by atoms with Crippen molar-refractivity contribution < 1.29 is 27.5 Å². The van der Waals surface area contributed by atoms with Crippen LogP contribution in [0.15, 0.2) is 84.0 Å². The zero-order valence-corrected chi connectivity index (χ0v) is 21.2. The summed E-state index contributed by atoms with van der Waals surface area (Å²) in [6, 6.07) is 21.8. The van der Waals surface area contributed by atoms with Crippen molar-refractivity contribution in [2.45, 2.75) is 19.2 Å². The number of benzene rings is 3. The van der Waals surface area contributed by atoms with Crippen molar-refractivity contribution in [1.82, 2.24) is 9.80 Å². The maximum Gasteiger partial charge on any atom is 0.416 e. The average molecular weight is 526 g/mol. The van der Waals surface area contributed by atoms with Gasteiger partial charge in [0.2, 0.25) is 0 Å². The third kappa shape index (κ3) is 7.82. The molecule has 1 aliphatic heterocycles. The van der Waals surface area contributed by atoms with Gasteiger partial charge in [0.15, 0.2) is 6.61 Å². The molecule has 0 N–H and O–H groups in total. The minimum Gasteiger partial charge on any atom is -0.484 e. The van der Waals surface area contributed by atoms with Gasteiger partial charge in [-0.2, -0.15) is 13.2 Å². The molecule has 1 aliphatic rings. The summed E-state index contributed by atoms with van der Waals surface area (Å²) in [7, 11) is 2.04. The summed E-state index contributed by atoms with van der Waals surface area (Å²) in [5.41, 5.74) is 2.36. The molecule has 1 saturated heterocycles. The van der Waals surface area contributed by atoms with E-state index in [-0.39, 0.29) is 19.1 Å². The summed E-state index contributed by atoms with van der Waals surface area (Å²) in [5.74, 6) is 0.533. The van der Waals surface area contributed by atoms with Crippen molar-refractivity contribution in [2.75, 3.05) is 39.8 Å². The predicted molar refractivity (Wildman–Crippen MR) is 139 cm³/mol. The Bertz CT molecular complexity index is 1210. The average Bonchev–Trinajstić information content (AvgIpc) is 2.92. The molecule has 0 bridgehead atoms. The van der Waals surface area contributed by atoms with Crippen molar-refractivity contribution in [3.05, 3.63) is 101 Å². The zero-order valence-electron chi connectivity index (χ0n) is 21.2. The van der Waals surface area contributed by atoms with E-state index in [0.29, 0.717) is 36.5 Å². The van der Waals surface area contributed by atoms with Crippen LogP contribution in [0.3, 0.4) is 0 Å². The van der Waals surface area contributed by atoms with Gasteiger partial charge in [0.05, 0.1) is 11.3 Å². The van der Waals surface area contributed by atoms with E-state index in [0.717, 1.165) is 36.3 Å². The van der Waals surface area contributed by atoms with Crippen LogP contribution in [0.2, 0.25) is 0 Å². The number of likely N-dealkylation sites (N-methyl/N-ethyl adjacent to an activating group) is 1. The molecule has 4 rings (SSSR count). The second-order valence-electron chi connectivity index (χ2n) is 9.17. The van der Waals surface area contributed by atoms with Gasteiger partial charge in [0.25, 0.3) is 5.91 Å². The number of hydrogen-bond donors (Lipinski definition) is 0. The second-order valence-corrected chi connectivity index (χ2v) is 9.17. The fourth-order valence-corrected chi connectivity index (χ4v) is 3.99. The van der Waals surface area contributed by atoms with Gasteiger partial charge in [0, 0.05) is 32.6 Å². The first kappa shape index (κ1) is 27.2. The molecule has 0 aromatic heterocycles. The van der Waals surface area contributed by atoms with E-state index in [4.69, 9.17) is 9.57 Å². The standard InChI is InChI=1S/C29H30F3N3O3/c1-34-15-17-35(18-16-34)28(36)21-37-26-13-9-24(10-14-26)27(19-22-5-3-2-4-6-22)33-38-20-23-7-11-25(12-8-23)29(30,31)32/h2-14H,15-21H2,1H3/b33-27+. The zero-order chi connectivity index (χ0) is 27.0. The van der Waals surface area contributed by atoms with Crippen LogP contribution >= 0.6 is 0 Å². The first-order valence-electron chi connectivity index (χ1n) is 12.4. The SMILES string of the molecule is CN1CCN(C(=O)COc2ccc(/C(Cc3ccccc3)=N/OCc3ccc(C(F)(F)F)cc3)cc2)CC1. The number of hydrogen-bond acceptors (Lipinski definition) is 5. The molecule has 3 aromatic carbocycles. The monoisotopic (exact) mass is 525 g/mol. The van der Waals surface area contributed by atoms with Crippen LogP contribution in [-0.4, -0.2) is 61.3 Å². The van der Waals surface area contributed by atoms with Crippen molar-refractivity contribution >= 4 is 11.6 Å². The molecular formula is C29H30F3N3O3. The van der Waals surface area contributed by atoms with Gasteiger partial charge < -0.3 is 19.4 Å². The second kappa shape index (κ2) is 12.6. The highest BCUT2D eigenvalue weighted by Gasteiger charge is 2.29. The highest BCUT2D eigenvalue weighted by molar-refractivity contribution is 6.01. The molecule has 1 fully saturated rings. The largest absolute Gasteiger partial charge is 0.484 e. The number of piperazine rings is 1. The lowest BCUT2D eigenvalue weighted by Crippen LogP contribution is -2.48. The van der Waals surface area contributed by atoms with Crippen LogP contribution in [0.1, 0.15) is 22.3 Å². The topological polar surface area (TPSA) is 54.4 Å². The number of halogens is 3. The van der Waals surface area contributed by atoms with Crippen LogP contribution in [0.25, 0.3) is 0 Å². The number of carbonyl (C=O) groups excluding carboxylic acids is 1. The van der Waals surface area contributed by atoms with Crippen LogP contribution in [0.5, 0.6) is 5.75 Å². The highest BCUT2D eigenvalue weighted by Crippen LogP contribution is 2.29. The van der Waals surface area contributed by atoms with Gasteiger partial charge >= 0.3 is 6.18 Å². The van der Waals surface area contributed by atoms with Crippen LogP contribution in [0.4, 0.5) is 13.2 Å². The van der Waals surface area contributed by atoms with Gasteiger partial charge in [-0.05, 0) is 60.1 Å². The van der Waals surface area contributed by atoms with Crippen molar-refractivity contribution in [3.63, 3.8) is 0 Å². The quantitative estimate of drug-likeness (QED) is 0.291. The summed E-state index contributed by atoms with van der Waals surface area (Å²) in [6.07, 6.45) is -3.88. The first-order valence-corrected chi connectivity index (χ1v) is 12.4. The third-order valence-electron chi connectivity index (χ3n) is 6.31. The maximum atomic E-state index is 12.8. The highest BCUT2D eigenvalue weighted by atomic mass is 19.4. The molecule has 0 atom stereocenters. The van der Waals surface area contributed by atoms with E-state index in [9.17, 15) is 18.0 Å². The van der Waals surface area contributed by atoms with Gasteiger partial charge in [-0.3, -0.25) is 4.79 Å². The number of nitrogens with zero attached hydrogens (tertiary/aromatic N) is 3. The van der Waals surface area contributed by atoms with Crippen molar-refractivity contribution in [3.8, 4) is 5.75 Å². The Kier molecular flexibility index (Phi) is 9.02. The number of carbonyl (C=O) groups is 1. The number of oxime groups is 1. The molecule has 0 radical (unpaired) electrons.